The molecular formula is C19H27N3O4. The van der Waals surface area contributed by atoms with E-state index in [1.54, 1.807) is 20.8 Å². The van der Waals surface area contributed by atoms with E-state index >= 15 is 0 Å². The highest BCUT2D eigenvalue weighted by Gasteiger charge is 2.38. The first-order chi connectivity index (χ1) is 12.2. The Morgan fingerprint density at radius 1 is 1.35 bits per heavy atom. The summed E-state index contributed by atoms with van der Waals surface area (Å²) < 4.78 is 5.13. The van der Waals surface area contributed by atoms with Crippen LogP contribution in [0, 0.1) is 0 Å². The summed E-state index contributed by atoms with van der Waals surface area (Å²) in [5.41, 5.74) is 2.32. The van der Waals surface area contributed by atoms with Gasteiger partial charge in [0.15, 0.2) is 0 Å². The number of alkyl carbamates (subject to hydrolysis) is 1. The molecule has 1 fully saturated rings. The van der Waals surface area contributed by atoms with Crippen LogP contribution in [0.2, 0.25) is 0 Å². The molecule has 7 heteroatoms. The van der Waals surface area contributed by atoms with Gasteiger partial charge in [-0.1, -0.05) is 0 Å². The molecule has 1 aromatic carbocycles. The van der Waals surface area contributed by atoms with Gasteiger partial charge in [0.05, 0.1) is 12.5 Å². The molecule has 2 aliphatic rings. The van der Waals surface area contributed by atoms with Gasteiger partial charge >= 0.3 is 6.09 Å². The van der Waals surface area contributed by atoms with Crippen molar-refractivity contribution in [2.75, 3.05) is 23.3 Å². The van der Waals surface area contributed by atoms with E-state index in [-0.39, 0.29) is 19.0 Å². The van der Waals surface area contributed by atoms with Crippen molar-refractivity contribution in [3.05, 3.63) is 23.8 Å². The van der Waals surface area contributed by atoms with Gasteiger partial charge in [-0.2, -0.15) is 0 Å². The summed E-state index contributed by atoms with van der Waals surface area (Å²) in [6.45, 7) is 5.74. The first kappa shape index (κ1) is 18.5. The van der Waals surface area contributed by atoms with Crippen LogP contribution in [0.15, 0.2) is 18.2 Å². The molecule has 0 spiro atoms. The van der Waals surface area contributed by atoms with Gasteiger partial charge in [-0.25, -0.2) is 4.79 Å². The van der Waals surface area contributed by atoms with Crippen LogP contribution in [-0.2, 0) is 16.0 Å². The van der Waals surface area contributed by atoms with Crippen LogP contribution in [0.25, 0.3) is 0 Å². The van der Waals surface area contributed by atoms with Gasteiger partial charge < -0.3 is 25.4 Å². The Hall–Kier alpha value is -2.28. The lowest BCUT2D eigenvalue weighted by Gasteiger charge is -2.21. The predicted octanol–water partition coefficient (Wildman–Crippen LogP) is 2.04. The number of ether oxygens (including phenoxy) is 1. The highest BCUT2D eigenvalue weighted by molar-refractivity contribution is 6.02. The molecule has 1 aliphatic carbocycles. The topological polar surface area (TPSA) is 90.9 Å². The van der Waals surface area contributed by atoms with Crippen LogP contribution >= 0.6 is 0 Å². The maximum absolute atomic E-state index is 12.2. The third kappa shape index (κ3) is 4.66. The van der Waals surface area contributed by atoms with Crippen LogP contribution in [0.3, 0.4) is 0 Å². The summed E-state index contributed by atoms with van der Waals surface area (Å²) in [6.07, 6.45) is 1.31. The van der Waals surface area contributed by atoms with E-state index < -0.39 is 17.8 Å². The van der Waals surface area contributed by atoms with Crippen molar-refractivity contribution >= 4 is 23.4 Å². The fourth-order valence-electron chi connectivity index (χ4n) is 3.01. The molecule has 1 heterocycles. The summed E-state index contributed by atoms with van der Waals surface area (Å²) in [6, 6.07) is 6.22. The number of rotatable bonds is 6. The fraction of sp³-hybridized carbons (Fsp3) is 0.579. The third-order valence-electron chi connectivity index (χ3n) is 4.28. The van der Waals surface area contributed by atoms with E-state index in [1.165, 1.54) is 0 Å². The number of hydrogen-bond donors (Lipinski definition) is 3. The fourth-order valence-corrected chi connectivity index (χ4v) is 3.01. The van der Waals surface area contributed by atoms with Crippen LogP contribution in [-0.4, -0.2) is 47.9 Å². The number of aliphatic hydroxyl groups is 1. The monoisotopic (exact) mass is 361 g/mol. The van der Waals surface area contributed by atoms with E-state index in [4.69, 9.17) is 4.74 Å². The minimum atomic E-state index is -0.750. The van der Waals surface area contributed by atoms with Gasteiger partial charge in [0.25, 0.3) is 0 Å². The zero-order valence-electron chi connectivity index (χ0n) is 15.5. The van der Waals surface area contributed by atoms with Gasteiger partial charge in [-0.15, -0.1) is 0 Å². The number of anilines is 2. The number of benzene rings is 1. The number of fused-ring (bicyclic) bond motifs is 1. The average Bonchev–Trinajstić information content (AvgIpc) is 3.31. The molecule has 1 unspecified atom stereocenters. The lowest BCUT2D eigenvalue weighted by Crippen LogP contribution is -2.39. The molecule has 1 aromatic rings. The molecule has 0 saturated heterocycles. The van der Waals surface area contributed by atoms with Crippen LogP contribution in [0.1, 0.15) is 39.2 Å². The van der Waals surface area contributed by atoms with Crippen molar-refractivity contribution in [1.82, 2.24) is 5.32 Å². The zero-order chi connectivity index (χ0) is 18.9. The molecule has 0 radical (unpaired) electrons. The summed E-state index contributed by atoms with van der Waals surface area (Å²) >= 11 is 0. The van der Waals surface area contributed by atoms with Crippen LogP contribution in [0.5, 0.6) is 0 Å². The van der Waals surface area contributed by atoms with Crippen molar-refractivity contribution in [2.45, 2.75) is 57.8 Å². The minimum absolute atomic E-state index is 0.0980. The van der Waals surface area contributed by atoms with Gasteiger partial charge in [0, 0.05) is 30.5 Å². The molecular weight excluding hydrogens is 334 g/mol. The lowest BCUT2D eigenvalue weighted by molar-refractivity contribution is -0.117. The molecule has 2 amide bonds. The highest BCUT2D eigenvalue weighted by atomic mass is 16.6. The Bertz CT molecular complexity index is 695. The molecule has 7 nitrogen and oxygen atoms in total. The first-order valence-corrected chi connectivity index (χ1v) is 9.07. The van der Waals surface area contributed by atoms with E-state index in [0.29, 0.717) is 12.5 Å². The quantitative estimate of drug-likeness (QED) is 0.721. The molecule has 0 bridgehead atoms. The normalized spacial score (nSPS) is 17.7. The number of hydrogen-bond acceptors (Lipinski definition) is 5. The molecule has 142 valence electrons. The van der Waals surface area contributed by atoms with Crippen LogP contribution in [0.4, 0.5) is 16.2 Å². The smallest absolute Gasteiger partial charge is 0.407 e. The largest absolute Gasteiger partial charge is 0.444 e. The van der Waals surface area contributed by atoms with E-state index in [2.05, 4.69) is 10.6 Å². The number of nitrogens with one attached hydrogen (secondary N) is 2. The standard InChI is InChI=1S/C19H27N3O4/c1-19(2,3)26-18(25)21-11-15(23)10-20-13-4-7-16-12(8-13)9-17(24)22(16)14-5-6-14/h4,7-8,14-15,20,23H,5-6,9-11H2,1-3H3,(H,21,25). The molecule has 1 atom stereocenters. The zero-order valence-corrected chi connectivity index (χ0v) is 15.5. The van der Waals surface area contributed by atoms with Crippen molar-refractivity contribution in [1.29, 1.82) is 0 Å². The third-order valence-corrected chi connectivity index (χ3v) is 4.28. The second kappa shape index (κ2) is 7.15. The highest BCUT2D eigenvalue weighted by Crippen LogP contribution is 2.39. The van der Waals surface area contributed by atoms with Gasteiger partial charge in [-0.05, 0) is 57.4 Å². The number of nitrogens with zero attached hydrogens (tertiary/aromatic N) is 1. The second-order valence-electron chi connectivity index (χ2n) is 7.93. The number of carbonyl (C=O) groups excluding carboxylic acids is 2. The summed E-state index contributed by atoms with van der Waals surface area (Å²) in [5.74, 6) is 0.168. The van der Waals surface area contributed by atoms with Crippen molar-refractivity contribution < 1.29 is 19.4 Å². The Labute approximate surface area is 153 Å². The summed E-state index contributed by atoms with van der Waals surface area (Å²) in [7, 11) is 0. The van der Waals surface area contributed by atoms with Crippen LogP contribution < -0.4 is 15.5 Å². The average molecular weight is 361 g/mol. The Kier molecular flexibility index (Phi) is 5.09. The minimum Gasteiger partial charge on any atom is -0.444 e. The summed E-state index contributed by atoms with van der Waals surface area (Å²) in [4.78, 5) is 25.7. The molecule has 26 heavy (non-hydrogen) atoms. The van der Waals surface area contributed by atoms with Gasteiger partial charge in [0.2, 0.25) is 5.91 Å². The Morgan fingerprint density at radius 3 is 2.73 bits per heavy atom. The second-order valence-corrected chi connectivity index (χ2v) is 7.93. The predicted molar refractivity (Wildman–Crippen MR) is 99.4 cm³/mol. The van der Waals surface area contributed by atoms with Crippen molar-refractivity contribution in [2.24, 2.45) is 0 Å². The molecule has 3 rings (SSSR count). The van der Waals surface area contributed by atoms with E-state index in [9.17, 15) is 14.7 Å². The molecule has 3 N–H and O–H groups in total. The summed E-state index contributed by atoms with van der Waals surface area (Å²) in [5, 5.41) is 15.7. The number of carbonyl (C=O) groups is 2. The maximum Gasteiger partial charge on any atom is 0.407 e. The molecule has 1 aliphatic heterocycles. The van der Waals surface area contributed by atoms with Gasteiger partial charge in [0.1, 0.15) is 5.60 Å². The Balaban J connectivity index is 1.47. The maximum atomic E-state index is 12.2. The SMILES string of the molecule is CC(C)(C)OC(=O)NCC(O)CNc1ccc2c(c1)CC(=O)N2C1CC1. The van der Waals surface area contributed by atoms with Crippen molar-refractivity contribution in [3.63, 3.8) is 0 Å². The lowest BCUT2D eigenvalue weighted by atomic mass is 10.1. The molecule has 0 aromatic heterocycles. The molecule has 1 saturated carbocycles. The van der Waals surface area contributed by atoms with E-state index in [0.717, 1.165) is 29.8 Å². The number of aliphatic hydroxyl groups excluding tert-OH is 1. The van der Waals surface area contributed by atoms with Gasteiger partial charge in [-0.3, -0.25) is 4.79 Å². The van der Waals surface area contributed by atoms with E-state index in [1.807, 2.05) is 23.1 Å². The number of amides is 2. The Morgan fingerprint density at radius 2 is 2.08 bits per heavy atom. The first-order valence-electron chi connectivity index (χ1n) is 9.07. The van der Waals surface area contributed by atoms with Crippen molar-refractivity contribution in [3.8, 4) is 0 Å².